The van der Waals surface area contributed by atoms with Gasteiger partial charge >= 0.3 is 5.97 Å². The van der Waals surface area contributed by atoms with Crippen molar-refractivity contribution < 1.29 is 9.53 Å². The maximum absolute atomic E-state index is 10.4. The van der Waals surface area contributed by atoms with Gasteiger partial charge in [-0.15, -0.1) is 0 Å². The number of esters is 1. The highest BCUT2D eigenvalue weighted by molar-refractivity contribution is 5.89. The number of cyclic esters (lactones) is 1. The van der Waals surface area contributed by atoms with Gasteiger partial charge in [0.1, 0.15) is 0 Å². The quantitative estimate of drug-likeness (QED) is 0.349. The molecule has 0 aromatic carbocycles. The Labute approximate surface area is 47.1 Å². The molecule has 0 spiro atoms. The van der Waals surface area contributed by atoms with Gasteiger partial charge < -0.3 is 10.5 Å². The largest absolute Gasteiger partial charge is 0.462 e. The van der Waals surface area contributed by atoms with Crippen LogP contribution in [0.2, 0.25) is 0 Å². The maximum Gasteiger partial charge on any atom is 0.335 e. The average molecular weight is 113 g/mol. The van der Waals surface area contributed by atoms with Crippen LogP contribution in [0.1, 0.15) is 6.42 Å². The zero-order chi connectivity index (χ0) is 5.98. The minimum Gasteiger partial charge on any atom is -0.462 e. The summed E-state index contributed by atoms with van der Waals surface area (Å²) in [7, 11) is 0. The highest BCUT2D eigenvalue weighted by Crippen LogP contribution is 2.10. The fraction of sp³-hybridized carbons (Fsp3) is 0.400. The van der Waals surface area contributed by atoms with Gasteiger partial charge in [-0.05, 0) is 0 Å². The van der Waals surface area contributed by atoms with Crippen molar-refractivity contribution >= 4 is 5.97 Å². The molecule has 0 aromatic rings. The van der Waals surface area contributed by atoms with Gasteiger partial charge in [-0.1, -0.05) is 0 Å². The predicted molar refractivity (Wildman–Crippen MR) is 27.8 cm³/mol. The van der Waals surface area contributed by atoms with Crippen LogP contribution >= 0.6 is 0 Å². The lowest BCUT2D eigenvalue weighted by molar-refractivity contribution is -0.135. The molecule has 1 aliphatic rings. The third-order valence-corrected chi connectivity index (χ3v) is 1.07. The van der Waals surface area contributed by atoms with E-state index in [1.807, 2.05) is 0 Å². The number of ether oxygens (including phenoxy) is 1. The molecule has 3 nitrogen and oxygen atoms in total. The molecule has 1 heterocycles. The van der Waals surface area contributed by atoms with Crippen molar-refractivity contribution in [3.63, 3.8) is 0 Å². The summed E-state index contributed by atoms with van der Waals surface area (Å²) in [5.41, 5.74) is 5.65. The van der Waals surface area contributed by atoms with E-state index in [0.29, 0.717) is 18.6 Å². The second-order valence-electron chi connectivity index (χ2n) is 1.58. The zero-order valence-corrected chi connectivity index (χ0v) is 4.39. The molecule has 0 bridgehead atoms. The van der Waals surface area contributed by atoms with Crippen molar-refractivity contribution in [1.29, 1.82) is 0 Å². The fourth-order valence-electron chi connectivity index (χ4n) is 0.600. The number of carbonyl (C=O) groups is 1. The van der Waals surface area contributed by atoms with Crippen molar-refractivity contribution in [1.82, 2.24) is 0 Å². The molecule has 0 aromatic heterocycles. The van der Waals surface area contributed by atoms with Gasteiger partial charge in [0.15, 0.2) is 0 Å². The van der Waals surface area contributed by atoms with Crippen LogP contribution in [0.3, 0.4) is 0 Å². The number of rotatable bonds is 0. The van der Waals surface area contributed by atoms with Crippen molar-refractivity contribution in [2.75, 3.05) is 6.61 Å². The van der Waals surface area contributed by atoms with Gasteiger partial charge in [-0.25, -0.2) is 4.79 Å². The molecule has 0 atom stereocenters. The van der Waals surface area contributed by atoms with Crippen LogP contribution in [0.5, 0.6) is 0 Å². The molecule has 1 aliphatic heterocycles. The number of carbonyl (C=O) groups excluding carboxylic acids is 1. The first kappa shape index (κ1) is 5.15. The van der Waals surface area contributed by atoms with Gasteiger partial charge in [-0.3, -0.25) is 0 Å². The molecule has 8 heavy (non-hydrogen) atoms. The van der Waals surface area contributed by atoms with Gasteiger partial charge in [0, 0.05) is 12.6 Å². The van der Waals surface area contributed by atoms with E-state index in [0.717, 1.165) is 0 Å². The van der Waals surface area contributed by atoms with E-state index in [1.165, 1.54) is 6.20 Å². The van der Waals surface area contributed by atoms with Gasteiger partial charge in [0.25, 0.3) is 0 Å². The Balaban J connectivity index is 2.69. The van der Waals surface area contributed by atoms with Crippen LogP contribution in [-0.2, 0) is 9.53 Å². The van der Waals surface area contributed by atoms with E-state index in [-0.39, 0.29) is 5.97 Å². The summed E-state index contributed by atoms with van der Waals surface area (Å²) in [6.45, 7) is 0.488. The van der Waals surface area contributed by atoms with Crippen molar-refractivity contribution in [2.24, 2.45) is 5.73 Å². The summed E-state index contributed by atoms with van der Waals surface area (Å²) in [4.78, 5) is 10.4. The first-order chi connectivity index (χ1) is 3.84. The highest BCUT2D eigenvalue weighted by atomic mass is 16.5. The normalized spacial score (nSPS) is 24.0. The molecule has 1 fully saturated rings. The molecular formula is C5H7NO2. The van der Waals surface area contributed by atoms with Crippen molar-refractivity contribution in [2.45, 2.75) is 6.42 Å². The fourth-order valence-corrected chi connectivity index (χ4v) is 0.600. The molecule has 3 heteroatoms. The van der Waals surface area contributed by atoms with E-state index in [2.05, 4.69) is 4.74 Å². The number of hydrogen-bond acceptors (Lipinski definition) is 3. The molecule has 0 amide bonds. The lowest BCUT2D eigenvalue weighted by atomic mass is 10.2. The summed E-state index contributed by atoms with van der Waals surface area (Å²) in [5.74, 6) is -0.271. The van der Waals surface area contributed by atoms with Crippen LogP contribution in [0, 0.1) is 0 Å². The molecule has 0 unspecified atom stereocenters. The SMILES string of the molecule is NC=C1CCOC1=O. The third-order valence-electron chi connectivity index (χ3n) is 1.07. The van der Waals surface area contributed by atoms with Crippen LogP contribution in [-0.4, -0.2) is 12.6 Å². The minimum atomic E-state index is -0.271. The van der Waals surface area contributed by atoms with E-state index in [1.54, 1.807) is 0 Å². The molecule has 0 aliphatic carbocycles. The van der Waals surface area contributed by atoms with E-state index < -0.39 is 0 Å². The molecule has 0 radical (unpaired) electrons. The molecule has 1 saturated heterocycles. The van der Waals surface area contributed by atoms with E-state index in [4.69, 9.17) is 5.73 Å². The van der Waals surface area contributed by atoms with E-state index >= 15 is 0 Å². The Morgan fingerprint density at radius 2 is 2.50 bits per heavy atom. The second-order valence-corrected chi connectivity index (χ2v) is 1.58. The third kappa shape index (κ3) is 0.665. The Bertz CT molecular complexity index is 139. The topological polar surface area (TPSA) is 52.3 Å². The number of hydrogen-bond donors (Lipinski definition) is 1. The Morgan fingerprint density at radius 3 is 2.75 bits per heavy atom. The Kier molecular flexibility index (Phi) is 1.20. The zero-order valence-electron chi connectivity index (χ0n) is 4.39. The molecule has 1 rings (SSSR count). The number of nitrogens with two attached hydrogens (primary N) is 1. The van der Waals surface area contributed by atoms with E-state index in [9.17, 15) is 4.79 Å². The Hall–Kier alpha value is -0.990. The average Bonchev–Trinajstić information content (AvgIpc) is 2.14. The van der Waals surface area contributed by atoms with Crippen LogP contribution in [0.25, 0.3) is 0 Å². The molecule has 0 saturated carbocycles. The molecule has 44 valence electrons. The van der Waals surface area contributed by atoms with Crippen LogP contribution in [0.15, 0.2) is 11.8 Å². The van der Waals surface area contributed by atoms with Crippen molar-refractivity contribution in [3.8, 4) is 0 Å². The lowest BCUT2D eigenvalue weighted by Gasteiger charge is -1.84. The van der Waals surface area contributed by atoms with Gasteiger partial charge in [0.2, 0.25) is 0 Å². The lowest BCUT2D eigenvalue weighted by Crippen LogP contribution is -1.96. The summed E-state index contributed by atoms with van der Waals surface area (Å²) in [5, 5.41) is 0. The minimum absolute atomic E-state index is 0.271. The predicted octanol–water partition coefficient (Wildman–Crippen LogP) is -0.224. The maximum atomic E-state index is 10.4. The summed E-state index contributed by atoms with van der Waals surface area (Å²) in [6.07, 6.45) is 1.96. The standard InChI is InChI=1S/C5H7NO2/c6-3-4-1-2-8-5(4)7/h3H,1-2,6H2. The smallest absolute Gasteiger partial charge is 0.335 e. The Morgan fingerprint density at radius 1 is 1.75 bits per heavy atom. The second kappa shape index (κ2) is 1.86. The summed E-state index contributed by atoms with van der Waals surface area (Å²) < 4.78 is 4.57. The summed E-state index contributed by atoms with van der Waals surface area (Å²) >= 11 is 0. The first-order valence-electron chi connectivity index (χ1n) is 2.42. The summed E-state index contributed by atoms with van der Waals surface area (Å²) in [6, 6.07) is 0. The van der Waals surface area contributed by atoms with Gasteiger partial charge in [0.05, 0.1) is 12.2 Å². The molecular weight excluding hydrogens is 106 g/mol. The monoisotopic (exact) mass is 113 g/mol. The van der Waals surface area contributed by atoms with Crippen LogP contribution < -0.4 is 5.73 Å². The highest BCUT2D eigenvalue weighted by Gasteiger charge is 2.16. The molecule has 2 N–H and O–H groups in total. The van der Waals surface area contributed by atoms with Gasteiger partial charge in [-0.2, -0.15) is 0 Å². The van der Waals surface area contributed by atoms with Crippen LogP contribution in [0.4, 0.5) is 0 Å². The first-order valence-corrected chi connectivity index (χ1v) is 2.42. The van der Waals surface area contributed by atoms with Crippen molar-refractivity contribution in [3.05, 3.63) is 11.8 Å².